The molecule has 3 heteroatoms. The summed E-state index contributed by atoms with van der Waals surface area (Å²) >= 11 is 0. The van der Waals surface area contributed by atoms with Crippen LogP contribution in [0.2, 0.25) is 0 Å². The van der Waals surface area contributed by atoms with Crippen molar-refractivity contribution < 1.29 is 9.57 Å². The number of benzene rings is 1. The van der Waals surface area contributed by atoms with Crippen molar-refractivity contribution in [3.63, 3.8) is 0 Å². The van der Waals surface area contributed by atoms with Crippen LogP contribution in [0.4, 0.5) is 0 Å². The summed E-state index contributed by atoms with van der Waals surface area (Å²) in [5.41, 5.74) is 0.985. The standard InChI is InChI=1S/C14H21NO2/c1-14(2,3)17-13-9-7-12(8-10-13)6-4-5-11-16-15/h4,6-10H,5,11,15H2,1-3H3/b6-4+. The highest BCUT2D eigenvalue weighted by Gasteiger charge is 2.10. The first-order valence-electron chi connectivity index (χ1n) is 5.78. The van der Waals surface area contributed by atoms with Crippen molar-refractivity contribution in [2.75, 3.05) is 6.61 Å². The van der Waals surface area contributed by atoms with Gasteiger partial charge in [-0.1, -0.05) is 24.3 Å². The summed E-state index contributed by atoms with van der Waals surface area (Å²) in [4.78, 5) is 4.48. The van der Waals surface area contributed by atoms with Crippen molar-refractivity contribution in [2.45, 2.75) is 32.8 Å². The lowest BCUT2D eigenvalue weighted by atomic mass is 10.1. The smallest absolute Gasteiger partial charge is 0.120 e. The maximum atomic E-state index is 5.74. The summed E-state index contributed by atoms with van der Waals surface area (Å²) < 4.78 is 5.74. The van der Waals surface area contributed by atoms with Crippen molar-refractivity contribution in [2.24, 2.45) is 5.90 Å². The van der Waals surface area contributed by atoms with E-state index in [-0.39, 0.29) is 5.60 Å². The number of rotatable bonds is 5. The number of hydrogen-bond acceptors (Lipinski definition) is 3. The van der Waals surface area contributed by atoms with Gasteiger partial charge in [0.15, 0.2) is 0 Å². The number of hydrogen-bond donors (Lipinski definition) is 1. The normalized spacial score (nSPS) is 12.0. The molecule has 0 aliphatic rings. The van der Waals surface area contributed by atoms with Gasteiger partial charge >= 0.3 is 0 Å². The summed E-state index contributed by atoms with van der Waals surface area (Å²) in [7, 11) is 0. The van der Waals surface area contributed by atoms with Gasteiger partial charge in [0.1, 0.15) is 11.4 Å². The van der Waals surface area contributed by atoms with Crippen molar-refractivity contribution >= 4 is 6.08 Å². The van der Waals surface area contributed by atoms with Gasteiger partial charge in [-0.05, 0) is 44.9 Å². The van der Waals surface area contributed by atoms with E-state index in [9.17, 15) is 0 Å². The zero-order chi connectivity index (χ0) is 12.7. The maximum absolute atomic E-state index is 5.74. The average molecular weight is 235 g/mol. The molecule has 1 aromatic rings. The lowest BCUT2D eigenvalue weighted by Crippen LogP contribution is -2.22. The highest BCUT2D eigenvalue weighted by Crippen LogP contribution is 2.18. The van der Waals surface area contributed by atoms with Gasteiger partial charge in [-0.15, -0.1) is 0 Å². The third-order valence-corrected chi connectivity index (χ3v) is 2.02. The molecule has 94 valence electrons. The first kappa shape index (κ1) is 13.7. The zero-order valence-electron chi connectivity index (χ0n) is 10.8. The second-order valence-electron chi connectivity index (χ2n) is 4.85. The predicted molar refractivity (Wildman–Crippen MR) is 70.6 cm³/mol. The van der Waals surface area contributed by atoms with Gasteiger partial charge in [-0.2, -0.15) is 0 Å². The molecule has 0 amide bonds. The Morgan fingerprint density at radius 3 is 2.35 bits per heavy atom. The highest BCUT2D eigenvalue weighted by atomic mass is 16.6. The Morgan fingerprint density at radius 2 is 1.82 bits per heavy atom. The molecule has 0 bridgehead atoms. The molecule has 0 saturated carbocycles. The molecule has 0 aliphatic heterocycles. The molecule has 0 spiro atoms. The fourth-order valence-corrected chi connectivity index (χ4v) is 1.36. The van der Waals surface area contributed by atoms with E-state index >= 15 is 0 Å². The summed E-state index contributed by atoms with van der Waals surface area (Å²) in [5.74, 6) is 5.82. The SMILES string of the molecule is CC(C)(C)Oc1ccc(/C=C/CCON)cc1. The van der Waals surface area contributed by atoms with Crippen LogP contribution in [0.25, 0.3) is 6.08 Å². The first-order chi connectivity index (χ1) is 8.01. The quantitative estimate of drug-likeness (QED) is 0.630. The van der Waals surface area contributed by atoms with Gasteiger partial charge in [-0.3, -0.25) is 0 Å². The lowest BCUT2D eigenvalue weighted by Gasteiger charge is -2.21. The van der Waals surface area contributed by atoms with Crippen molar-refractivity contribution in [1.29, 1.82) is 0 Å². The third kappa shape index (κ3) is 6.09. The molecule has 0 aromatic heterocycles. The van der Waals surface area contributed by atoms with Crippen LogP contribution in [-0.2, 0) is 4.84 Å². The van der Waals surface area contributed by atoms with E-state index in [0.29, 0.717) is 6.61 Å². The minimum atomic E-state index is -0.157. The molecule has 0 aliphatic carbocycles. The number of nitrogens with two attached hydrogens (primary N) is 1. The summed E-state index contributed by atoms with van der Waals surface area (Å²) in [6, 6.07) is 8.01. The van der Waals surface area contributed by atoms with Crippen molar-refractivity contribution in [1.82, 2.24) is 0 Å². The fourth-order valence-electron chi connectivity index (χ4n) is 1.36. The molecule has 1 rings (SSSR count). The summed E-state index contributed by atoms with van der Waals surface area (Å²) in [6.07, 6.45) is 4.89. The molecule has 0 fully saturated rings. The second kappa shape index (κ2) is 6.42. The van der Waals surface area contributed by atoms with Crippen LogP contribution in [-0.4, -0.2) is 12.2 Å². The Morgan fingerprint density at radius 1 is 1.18 bits per heavy atom. The van der Waals surface area contributed by atoms with E-state index in [4.69, 9.17) is 10.6 Å². The largest absolute Gasteiger partial charge is 0.488 e. The molecule has 0 saturated heterocycles. The van der Waals surface area contributed by atoms with Crippen LogP contribution in [0.3, 0.4) is 0 Å². The molecule has 0 radical (unpaired) electrons. The Labute approximate surface area is 103 Å². The van der Waals surface area contributed by atoms with Crippen LogP contribution < -0.4 is 10.6 Å². The predicted octanol–water partition coefficient (Wildman–Crippen LogP) is 3.16. The van der Waals surface area contributed by atoms with E-state index in [1.165, 1.54) is 0 Å². The number of ether oxygens (including phenoxy) is 1. The summed E-state index contributed by atoms with van der Waals surface area (Å²) in [5, 5.41) is 0. The van der Waals surface area contributed by atoms with Gasteiger partial charge in [0.05, 0.1) is 6.61 Å². The maximum Gasteiger partial charge on any atom is 0.120 e. The molecule has 1 aromatic carbocycles. The monoisotopic (exact) mass is 235 g/mol. The Kier molecular flexibility index (Phi) is 5.19. The van der Waals surface area contributed by atoms with Crippen LogP contribution >= 0.6 is 0 Å². The lowest BCUT2D eigenvalue weighted by molar-refractivity contribution is 0.131. The van der Waals surface area contributed by atoms with E-state index < -0.39 is 0 Å². The van der Waals surface area contributed by atoms with E-state index in [0.717, 1.165) is 17.7 Å². The molecule has 0 unspecified atom stereocenters. The zero-order valence-corrected chi connectivity index (χ0v) is 10.8. The van der Waals surface area contributed by atoms with E-state index in [1.54, 1.807) is 0 Å². The molecule has 0 atom stereocenters. The van der Waals surface area contributed by atoms with Gasteiger partial charge in [0.25, 0.3) is 0 Å². The van der Waals surface area contributed by atoms with Gasteiger partial charge in [0, 0.05) is 0 Å². The Bertz CT molecular complexity index is 349. The topological polar surface area (TPSA) is 44.5 Å². The molecular formula is C14H21NO2. The molecule has 3 nitrogen and oxygen atoms in total. The first-order valence-corrected chi connectivity index (χ1v) is 5.78. The minimum absolute atomic E-state index is 0.157. The summed E-state index contributed by atoms with van der Waals surface area (Å²) in [6.45, 7) is 6.65. The molecule has 0 heterocycles. The Hall–Kier alpha value is -1.32. The van der Waals surface area contributed by atoms with Crippen LogP contribution in [0.15, 0.2) is 30.3 Å². The van der Waals surface area contributed by atoms with E-state index in [2.05, 4.69) is 4.84 Å². The van der Waals surface area contributed by atoms with Crippen molar-refractivity contribution in [3.05, 3.63) is 35.9 Å². The third-order valence-electron chi connectivity index (χ3n) is 2.02. The Balaban J connectivity index is 2.53. The van der Waals surface area contributed by atoms with Gasteiger partial charge < -0.3 is 9.57 Å². The molecule has 17 heavy (non-hydrogen) atoms. The van der Waals surface area contributed by atoms with Gasteiger partial charge in [-0.25, -0.2) is 5.90 Å². The van der Waals surface area contributed by atoms with Crippen LogP contribution in [0.1, 0.15) is 32.8 Å². The average Bonchev–Trinajstić information content (AvgIpc) is 2.25. The molecule has 2 N–H and O–H groups in total. The van der Waals surface area contributed by atoms with Crippen molar-refractivity contribution in [3.8, 4) is 5.75 Å². The minimum Gasteiger partial charge on any atom is -0.488 e. The highest BCUT2D eigenvalue weighted by molar-refractivity contribution is 5.50. The molecular weight excluding hydrogens is 214 g/mol. The van der Waals surface area contributed by atoms with E-state index in [1.807, 2.05) is 57.2 Å². The van der Waals surface area contributed by atoms with Crippen LogP contribution in [0, 0.1) is 0 Å². The fraction of sp³-hybridized carbons (Fsp3) is 0.429. The second-order valence-corrected chi connectivity index (χ2v) is 4.85. The van der Waals surface area contributed by atoms with Crippen LogP contribution in [0.5, 0.6) is 5.75 Å². The van der Waals surface area contributed by atoms with Gasteiger partial charge in [0.2, 0.25) is 0 Å².